The number of carbonyl (C=O) groups is 1. The third kappa shape index (κ3) is 3.74. The Balaban J connectivity index is 2.28. The minimum atomic E-state index is 0.0221. The maximum absolute atomic E-state index is 12.2. The number of pyridine rings is 1. The molecule has 2 aromatic rings. The van der Waals surface area contributed by atoms with Gasteiger partial charge in [-0.05, 0) is 40.4 Å². The van der Waals surface area contributed by atoms with Crippen molar-refractivity contribution < 1.29 is 4.79 Å². The molecule has 1 amide bonds. The van der Waals surface area contributed by atoms with E-state index in [0.29, 0.717) is 16.9 Å². The highest BCUT2D eigenvalue weighted by molar-refractivity contribution is 9.10. The Morgan fingerprint density at radius 3 is 3.05 bits per heavy atom. The second kappa shape index (κ2) is 7.42. The van der Waals surface area contributed by atoms with E-state index in [0.717, 1.165) is 11.4 Å². The Kier molecular flexibility index (Phi) is 5.58. The number of carbonyl (C=O) groups excluding carboxylic acids is 1. The van der Waals surface area contributed by atoms with Gasteiger partial charge in [-0.1, -0.05) is 6.58 Å². The van der Waals surface area contributed by atoms with Gasteiger partial charge in [0.1, 0.15) is 0 Å². The van der Waals surface area contributed by atoms with E-state index in [-0.39, 0.29) is 5.91 Å². The van der Waals surface area contributed by atoms with Crippen molar-refractivity contribution in [2.24, 2.45) is 0 Å². The van der Waals surface area contributed by atoms with Crippen LogP contribution in [0.1, 0.15) is 6.92 Å². The van der Waals surface area contributed by atoms with Crippen LogP contribution in [-0.2, 0) is 4.79 Å². The number of hydrogen-bond donors (Lipinski definition) is 0. The summed E-state index contributed by atoms with van der Waals surface area (Å²) in [5.41, 5.74) is 1.59. The molecule has 0 saturated carbocycles. The second-order valence-electron chi connectivity index (χ2n) is 4.08. The molecule has 0 bridgehead atoms. The van der Waals surface area contributed by atoms with Gasteiger partial charge in [-0.25, -0.2) is 4.68 Å². The predicted molar refractivity (Wildman–Crippen MR) is 89.7 cm³/mol. The average Bonchev–Trinajstić information content (AvgIpc) is 2.89. The van der Waals surface area contributed by atoms with E-state index in [1.54, 1.807) is 27.4 Å². The van der Waals surface area contributed by atoms with Crippen molar-refractivity contribution in [1.29, 1.82) is 0 Å². The van der Waals surface area contributed by atoms with Gasteiger partial charge in [-0.3, -0.25) is 9.78 Å². The molecule has 0 aromatic carbocycles. The summed E-state index contributed by atoms with van der Waals surface area (Å²) in [6.07, 6.45) is 5.24. The molecule has 0 spiro atoms. The zero-order valence-corrected chi connectivity index (χ0v) is 14.0. The van der Waals surface area contributed by atoms with Crippen LogP contribution in [0.4, 0.5) is 5.69 Å². The normalized spacial score (nSPS) is 10.4. The Morgan fingerprint density at radius 1 is 1.62 bits per heavy atom. The van der Waals surface area contributed by atoms with Gasteiger partial charge in [0.15, 0.2) is 4.60 Å². The molecule has 0 radical (unpaired) electrons. The lowest BCUT2D eigenvalue weighted by molar-refractivity contribution is -0.116. The number of amides is 1. The number of anilines is 1. The monoisotopic (exact) mass is 366 g/mol. The van der Waals surface area contributed by atoms with E-state index in [9.17, 15) is 4.79 Å². The third-order valence-corrected chi connectivity index (χ3v) is 4.01. The van der Waals surface area contributed by atoms with Crippen molar-refractivity contribution in [2.75, 3.05) is 17.2 Å². The van der Waals surface area contributed by atoms with E-state index in [2.05, 4.69) is 32.6 Å². The van der Waals surface area contributed by atoms with Crippen molar-refractivity contribution >= 4 is 39.3 Å². The zero-order valence-electron chi connectivity index (χ0n) is 11.6. The van der Waals surface area contributed by atoms with Crippen LogP contribution in [-0.4, -0.2) is 33.0 Å². The summed E-state index contributed by atoms with van der Waals surface area (Å²) in [6.45, 7) is 6.12. The van der Waals surface area contributed by atoms with Gasteiger partial charge in [0.25, 0.3) is 0 Å². The molecule has 110 valence electrons. The van der Waals surface area contributed by atoms with Crippen molar-refractivity contribution in [3.63, 3.8) is 0 Å². The highest BCUT2D eigenvalue weighted by Crippen LogP contribution is 2.26. The Morgan fingerprint density at radius 2 is 2.43 bits per heavy atom. The summed E-state index contributed by atoms with van der Waals surface area (Å²) in [5.74, 6) is 0.385. The van der Waals surface area contributed by atoms with Crippen molar-refractivity contribution in [3.8, 4) is 5.69 Å². The van der Waals surface area contributed by atoms with Crippen LogP contribution in [0.5, 0.6) is 0 Å². The summed E-state index contributed by atoms with van der Waals surface area (Å²) in [7, 11) is 0. The maximum atomic E-state index is 12.2. The third-order valence-electron chi connectivity index (χ3n) is 2.79. The molecule has 0 saturated heterocycles. The first kappa shape index (κ1) is 15.8. The molecule has 0 aliphatic carbocycles. The summed E-state index contributed by atoms with van der Waals surface area (Å²) in [6, 6.07) is 3.75. The number of hydrogen-bond acceptors (Lipinski definition) is 4. The number of halogens is 1. The largest absolute Gasteiger partial charge is 0.308 e. The van der Waals surface area contributed by atoms with Crippen LogP contribution in [0, 0.1) is 0 Å². The van der Waals surface area contributed by atoms with E-state index in [4.69, 9.17) is 0 Å². The van der Waals surface area contributed by atoms with Gasteiger partial charge in [0.2, 0.25) is 5.91 Å². The maximum Gasteiger partial charge on any atom is 0.237 e. The number of thioether (sulfide) groups is 1. The van der Waals surface area contributed by atoms with Gasteiger partial charge in [0, 0.05) is 12.7 Å². The predicted octanol–water partition coefficient (Wildman–Crippen LogP) is 3.26. The second-order valence-corrected chi connectivity index (χ2v) is 5.78. The molecule has 0 fully saturated rings. The van der Waals surface area contributed by atoms with Crippen molar-refractivity contribution in [1.82, 2.24) is 14.8 Å². The number of rotatable bonds is 6. The molecule has 0 unspecified atom stereocenters. The topological polar surface area (TPSA) is 51.0 Å². The van der Waals surface area contributed by atoms with Crippen molar-refractivity contribution in [3.05, 3.63) is 47.3 Å². The quantitative estimate of drug-likeness (QED) is 0.787. The fraction of sp³-hybridized carbons (Fsp3) is 0.214. The van der Waals surface area contributed by atoms with Crippen LogP contribution in [0.25, 0.3) is 5.69 Å². The molecular weight excluding hydrogens is 352 g/mol. The van der Waals surface area contributed by atoms with Crippen molar-refractivity contribution in [2.45, 2.75) is 6.92 Å². The van der Waals surface area contributed by atoms with Crippen LogP contribution >= 0.6 is 27.7 Å². The van der Waals surface area contributed by atoms with E-state index in [1.807, 2.05) is 25.3 Å². The first-order valence-electron chi connectivity index (χ1n) is 6.35. The number of nitrogens with zero attached hydrogens (tertiary/aromatic N) is 4. The standard InChI is InChI=1S/C14H15BrN4OS/c1-3-18(13(20)10-21-4-2)12-9-19(17-14(12)15)11-6-5-7-16-8-11/h4-9H,2-3,10H2,1H3. The minimum absolute atomic E-state index is 0.0221. The average molecular weight is 367 g/mol. The molecule has 0 atom stereocenters. The first-order chi connectivity index (χ1) is 10.2. The lowest BCUT2D eigenvalue weighted by Gasteiger charge is -2.18. The van der Waals surface area contributed by atoms with Gasteiger partial charge >= 0.3 is 0 Å². The molecular formula is C14H15BrN4OS. The molecule has 7 heteroatoms. The van der Waals surface area contributed by atoms with Crippen LogP contribution in [0.3, 0.4) is 0 Å². The molecule has 2 heterocycles. The Bertz CT molecular complexity index is 629. The molecule has 0 aliphatic heterocycles. The fourth-order valence-electron chi connectivity index (χ4n) is 1.84. The SMILES string of the molecule is C=CSCC(=O)N(CC)c1cn(-c2cccnc2)nc1Br. The Hall–Kier alpha value is -1.60. The summed E-state index contributed by atoms with van der Waals surface area (Å²) in [5, 5.41) is 6.05. The lowest BCUT2D eigenvalue weighted by atomic mass is 10.4. The van der Waals surface area contributed by atoms with Crippen LogP contribution < -0.4 is 4.90 Å². The minimum Gasteiger partial charge on any atom is -0.308 e. The highest BCUT2D eigenvalue weighted by atomic mass is 79.9. The first-order valence-corrected chi connectivity index (χ1v) is 8.20. The lowest BCUT2D eigenvalue weighted by Crippen LogP contribution is -2.32. The molecule has 0 N–H and O–H groups in total. The fourth-order valence-corrected chi connectivity index (χ4v) is 2.74. The van der Waals surface area contributed by atoms with Crippen LogP contribution in [0.15, 0.2) is 47.3 Å². The summed E-state index contributed by atoms with van der Waals surface area (Å²) in [4.78, 5) is 18.0. The summed E-state index contributed by atoms with van der Waals surface area (Å²) >= 11 is 4.80. The molecule has 2 aromatic heterocycles. The Labute approximate surface area is 136 Å². The van der Waals surface area contributed by atoms with Gasteiger partial charge in [-0.15, -0.1) is 11.8 Å². The molecule has 2 rings (SSSR count). The highest BCUT2D eigenvalue weighted by Gasteiger charge is 2.19. The van der Waals surface area contributed by atoms with Gasteiger partial charge in [0.05, 0.1) is 29.5 Å². The van der Waals surface area contributed by atoms with Gasteiger partial charge in [-0.2, -0.15) is 5.10 Å². The van der Waals surface area contributed by atoms with Crippen LogP contribution in [0.2, 0.25) is 0 Å². The molecule has 5 nitrogen and oxygen atoms in total. The summed E-state index contributed by atoms with van der Waals surface area (Å²) < 4.78 is 2.33. The molecule has 21 heavy (non-hydrogen) atoms. The van der Waals surface area contributed by atoms with E-state index < -0.39 is 0 Å². The number of aromatic nitrogens is 3. The molecule has 0 aliphatic rings. The van der Waals surface area contributed by atoms with E-state index >= 15 is 0 Å². The smallest absolute Gasteiger partial charge is 0.237 e. The van der Waals surface area contributed by atoms with Gasteiger partial charge < -0.3 is 4.90 Å². The van der Waals surface area contributed by atoms with E-state index in [1.165, 1.54) is 11.8 Å². The zero-order chi connectivity index (χ0) is 15.2.